The van der Waals surface area contributed by atoms with Gasteiger partial charge in [0.1, 0.15) is 33.4 Å². The highest BCUT2D eigenvalue weighted by molar-refractivity contribution is 7.91. The molecule has 1 atom stereocenters. The van der Waals surface area contributed by atoms with Crippen LogP contribution in [0.3, 0.4) is 0 Å². The molecule has 1 N–H and O–H groups in total. The second-order valence-corrected chi connectivity index (χ2v) is 15.8. The summed E-state index contributed by atoms with van der Waals surface area (Å²) in [5.41, 5.74) is -1.77. The number of fused-ring (bicyclic) bond motifs is 9. The lowest BCUT2D eigenvalue weighted by Crippen LogP contribution is -2.41. The maximum atomic E-state index is 16.0. The lowest BCUT2D eigenvalue weighted by atomic mass is 9.77. The van der Waals surface area contributed by atoms with Crippen LogP contribution in [-0.2, 0) is 27.7 Å². The van der Waals surface area contributed by atoms with Gasteiger partial charge in [0.05, 0.1) is 40.0 Å². The lowest BCUT2D eigenvalue weighted by Gasteiger charge is -2.34. The van der Waals surface area contributed by atoms with Gasteiger partial charge >= 0.3 is 0 Å². The Morgan fingerprint density at radius 2 is 1.70 bits per heavy atom. The minimum Gasteiger partial charge on any atom is -0.363 e. The van der Waals surface area contributed by atoms with E-state index in [9.17, 15) is 18.5 Å². The molecule has 0 unspecified atom stereocenters. The normalized spacial score (nSPS) is 26.1. The van der Waals surface area contributed by atoms with E-state index in [-0.39, 0.29) is 47.2 Å². The minimum absolute atomic E-state index is 0.0109. The van der Waals surface area contributed by atoms with Crippen LogP contribution in [0, 0.1) is 23.1 Å². The van der Waals surface area contributed by atoms with Gasteiger partial charge in [0, 0.05) is 24.1 Å². The summed E-state index contributed by atoms with van der Waals surface area (Å²) in [5, 5.41) is 14.0. The first-order chi connectivity index (χ1) is 22.4. The maximum Gasteiger partial charge on any atom is 0.276 e. The Bertz CT molecular complexity index is 1840. The molecular weight excluding hydrogens is 629 g/mol. The highest BCUT2D eigenvalue weighted by Crippen LogP contribution is 2.41. The molecule has 4 aliphatic heterocycles. The number of rotatable bonds is 1. The van der Waals surface area contributed by atoms with Crippen LogP contribution < -0.4 is 10.9 Å². The van der Waals surface area contributed by atoms with E-state index in [1.807, 2.05) is 0 Å². The van der Waals surface area contributed by atoms with Crippen LogP contribution in [0.4, 0.5) is 19.0 Å². The zero-order valence-corrected chi connectivity index (χ0v) is 27.5. The number of benzene rings is 1. The van der Waals surface area contributed by atoms with Gasteiger partial charge in [-0.3, -0.25) is 9.36 Å². The number of nitrogens with zero attached hydrogens (tertiary/aromatic N) is 5. The summed E-state index contributed by atoms with van der Waals surface area (Å²) < 4.78 is 73.4. The highest BCUT2D eigenvalue weighted by Gasteiger charge is 2.42. The Morgan fingerprint density at radius 3 is 2.40 bits per heavy atom. The van der Waals surface area contributed by atoms with Crippen LogP contribution in [-0.4, -0.2) is 59.0 Å². The molecule has 0 saturated carbocycles. The molecule has 3 aromatic rings. The fraction of sp³-hybridized carbons (Fsp3) is 0.588. The molecule has 2 saturated heterocycles. The second kappa shape index (κ2) is 13.2. The fourth-order valence-corrected chi connectivity index (χ4v) is 8.99. The number of hydrogen-bond donors (Lipinski definition) is 1. The van der Waals surface area contributed by atoms with Gasteiger partial charge in [0.15, 0.2) is 0 Å². The van der Waals surface area contributed by atoms with E-state index < -0.39 is 50.6 Å². The molecule has 0 radical (unpaired) electrons. The van der Waals surface area contributed by atoms with Crippen molar-refractivity contribution in [3.63, 3.8) is 0 Å². The zero-order valence-electron chi connectivity index (χ0n) is 26.7. The van der Waals surface area contributed by atoms with Gasteiger partial charge in [-0.2, -0.15) is 5.26 Å². The number of piperidine rings is 1. The molecule has 0 aliphatic carbocycles. The average molecular weight is 671 g/mol. The van der Waals surface area contributed by atoms with E-state index in [2.05, 4.69) is 26.3 Å². The summed E-state index contributed by atoms with van der Waals surface area (Å²) in [5.74, 6) is -4.65. The smallest absolute Gasteiger partial charge is 0.276 e. The lowest BCUT2D eigenvalue weighted by molar-refractivity contribution is -0.0401. The van der Waals surface area contributed by atoms with Crippen LogP contribution in [0.1, 0.15) is 87.4 Å². The van der Waals surface area contributed by atoms with Gasteiger partial charge in [0.25, 0.3) is 11.5 Å². The summed E-state index contributed by atoms with van der Waals surface area (Å²) >= 11 is 0. The van der Waals surface area contributed by atoms with Crippen LogP contribution in [0.25, 0.3) is 11.0 Å². The van der Waals surface area contributed by atoms with Crippen molar-refractivity contribution in [3.05, 3.63) is 63.5 Å². The van der Waals surface area contributed by atoms with Crippen molar-refractivity contribution >= 4 is 26.7 Å². The largest absolute Gasteiger partial charge is 0.363 e. The van der Waals surface area contributed by atoms with Crippen molar-refractivity contribution in [2.45, 2.75) is 88.6 Å². The molecule has 9 nitrogen and oxygen atoms in total. The van der Waals surface area contributed by atoms with Crippen LogP contribution in [0.2, 0.25) is 0 Å². The second-order valence-electron chi connectivity index (χ2n) is 13.5. The number of hydrogen-bond acceptors (Lipinski definition) is 8. The number of nitrogens with one attached hydrogen (secondary N) is 1. The average Bonchev–Trinajstić information content (AvgIpc) is 3.04. The predicted octanol–water partition coefficient (Wildman–Crippen LogP) is 5.84. The molecule has 1 aromatic carbocycles. The topological polar surface area (TPSA) is 121 Å². The summed E-state index contributed by atoms with van der Waals surface area (Å²) in [7, 11) is -3.33. The van der Waals surface area contributed by atoms with Crippen molar-refractivity contribution in [1.29, 1.82) is 5.26 Å². The van der Waals surface area contributed by atoms with Gasteiger partial charge < -0.3 is 10.2 Å². The van der Waals surface area contributed by atoms with E-state index in [0.29, 0.717) is 36.8 Å². The Labute approximate surface area is 273 Å². The molecule has 8 bridgehead atoms. The maximum absolute atomic E-state index is 16.0. The van der Waals surface area contributed by atoms with Gasteiger partial charge in [-0.25, -0.2) is 31.6 Å². The molecule has 6 heterocycles. The number of aryl methyl sites for hydroxylation is 1. The summed E-state index contributed by atoms with van der Waals surface area (Å²) in [6.07, 6.45) is 5.57. The van der Waals surface area contributed by atoms with Crippen LogP contribution >= 0.6 is 0 Å². The quantitative estimate of drug-likeness (QED) is 0.343. The SMILES string of the molecule is C[C@H]1Nc2ncnc3c2cc(C2(C#N)CCS(=O)(=O)CC2)c(=O)n3CCCCCCN2CCC(CC2)CC(F)(F)c2cccc1c2F. The number of pyridine rings is 1. The molecule has 2 fully saturated rings. The van der Waals surface area contributed by atoms with Gasteiger partial charge in [-0.15, -0.1) is 0 Å². The fourth-order valence-electron chi connectivity index (χ4n) is 7.47. The first-order valence-corrected chi connectivity index (χ1v) is 18.4. The van der Waals surface area contributed by atoms with Gasteiger partial charge in [-0.1, -0.05) is 31.0 Å². The van der Waals surface area contributed by atoms with E-state index in [1.165, 1.54) is 18.5 Å². The van der Waals surface area contributed by atoms with Crippen molar-refractivity contribution in [1.82, 2.24) is 19.4 Å². The Morgan fingerprint density at radius 1 is 1.00 bits per heavy atom. The molecule has 2 aromatic heterocycles. The number of nitriles is 1. The van der Waals surface area contributed by atoms with Crippen molar-refractivity contribution in [2.75, 3.05) is 36.5 Å². The first kappa shape index (κ1) is 33.4. The third-order valence-corrected chi connectivity index (χ3v) is 12.0. The number of anilines is 1. The van der Waals surface area contributed by atoms with Crippen molar-refractivity contribution in [3.8, 4) is 6.07 Å². The summed E-state index contributed by atoms with van der Waals surface area (Å²) in [6, 6.07) is 7.11. The Hall–Kier alpha value is -3.50. The number of aromatic nitrogens is 3. The number of sulfone groups is 1. The molecule has 47 heavy (non-hydrogen) atoms. The standard InChI is InChI=1S/C34H41F3N6O3S/c1-23-25-7-6-8-27(29(25)35)34(36,37)20-24-9-15-42(16-10-24)13-4-2-3-5-14-43-31-26(30(41-23)39-22-40-31)19-28(32(43)44)33(21-38)11-17-47(45,46)18-12-33/h6-8,19,22-24H,2-5,9-18,20H2,1H3,(H,39,40,41)/t23-/m1/s1. The number of halogens is 3. The van der Waals surface area contributed by atoms with E-state index in [0.717, 1.165) is 45.0 Å². The van der Waals surface area contributed by atoms with Gasteiger partial charge in [0.2, 0.25) is 0 Å². The predicted molar refractivity (Wildman–Crippen MR) is 174 cm³/mol. The molecule has 13 heteroatoms. The van der Waals surface area contributed by atoms with E-state index in [1.54, 1.807) is 17.6 Å². The third-order valence-electron chi connectivity index (χ3n) is 10.4. The van der Waals surface area contributed by atoms with Crippen molar-refractivity contribution < 1.29 is 21.6 Å². The zero-order chi connectivity index (χ0) is 33.4. The summed E-state index contributed by atoms with van der Waals surface area (Å²) in [6.45, 7) is 4.33. The third kappa shape index (κ3) is 6.77. The van der Waals surface area contributed by atoms with E-state index in [4.69, 9.17) is 0 Å². The molecule has 4 aliphatic rings. The van der Waals surface area contributed by atoms with Crippen molar-refractivity contribution in [2.24, 2.45) is 5.92 Å². The Balaban J connectivity index is 1.45. The molecule has 0 spiro atoms. The van der Waals surface area contributed by atoms with Gasteiger partial charge in [-0.05, 0) is 77.1 Å². The monoisotopic (exact) mass is 670 g/mol. The summed E-state index contributed by atoms with van der Waals surface area (Å²) in [4.78, 5) is 25.3. The molecule has 7 rings (SSSR count). The molecule has 0 amide bonds. The Kier molecular flexibility index (Phi) is 9.37. The van der Waals surface area contributed by atoms with Crippen LogP contribution in [0.15, 0.2) is 35.4 Å². The molecule has 252 valence electrons. The number of alkyl halides is 2. The first-order valence-electron chi connectivity index (χ1n) is 16.6. The molecular formula is C34H41F3N6O3S. The van der Waals surface area contributed by atoms with Crippen LogP contribution in [0.5, 0.6) is 0 Å². The highest BCUT2D eigenvalue weighted by atomic mass is 32.2. The minimum atomic E-state index is -3.34. The van der Waals surface area contributed by atoms with E-state index >= 15 is 13.2 Å².